The predicted octanol–water partition coefficient (Wildman–Crippen LogP) is 0.734. The van der Waals surface area contributed by atoms with E-state index in [1.165, 1.54) is 0 Å². The first-order chi connectivity index (χ1) is 7.29. The third kappa shape index (κ3) is 3.49. The Balaban J connectivity index is 2.57. The topological polar surface area (TPSA) is 57.2 Å². The second-order valence-corrected chi connectivity index (χ2v) is 3.29. The molecule has 0 saturated heterocycles. The first-order valence-corrected chi connectivity index (χ1v) is 5.25. The van der Waals surface area contributed by atoms with Crippen LogP contribution in [0.4, 0.5) is 0 Å². The number of rotatable bonds is 6. The van der Waals surface area contributed by atoms with Gasteiger partial charge in [0.15, 0.2) is 0 Å². The van der Waals surface area contributed by atoms with Crippen molar-refractivity contribution in [3.63, 3.8) is 0 Å². The number of pyridine rings is 1. The quantitative estimate of drug-likeness (QED) is 0.704. The Morgan fingerprint density at radius 1 is 1.53 bits per heavy atom. The van der Waals surface area contributed by atoms with Gasteiger partial charge < -0.3 is 15.0 Å². The van der Waals surface area contributed by atoms with E-state index >= 15 is 0 Å². The molecule has 4 heteroatoms. The van der Waals surface area contributed by atoms with Gasteiger partial charge in [-0.15, -0.1) is 0 Å². The van der Waals surface area contributed by atoms with E-state index in [0.29, 0.717) is 25.3 Å². The summed E-state index contributed by atoms with van der Waals surface area (Å²) in [5.74, 6) is 0. The van der Waals surface area contributed by atoms with E-state index in [1.54, 1.807) is 16.8 Å². The van der Waals surface area contributed by atoms with E-state index in [-0.39, 0.29) is 5.56 Å². The molecule has 0 spiro atoms. The van der Waals surface area contributed by atoms with Gasteiger partial charge in [-0.05, 0) is 19.4 Å². The largest absolute Gasteiger partial charge is 0.382 e. The summed E-state index contributed by atoms with van der Waals surface area (Å²) >= 11 is 0. The van der Waals surface area contributed by atoms with Crippen LogP contribution in [0.2, 0.25) is 0 Å². The van der Waals surface area contributed by atoms with Crippen molar-refractivity contribution in [3.05, 3.63) is 34.2 Å². The molecule has 1 aromatic rings. The molecule has 0 aliphatic heterocycles. The molecule has 1 heterocycles. The first kappa shape index (κ1) is 11.9. The van der Waals surface area contributed by atoms with Crippen LogP contribution in [0.5, 0.6) is 0 Å². The number of nitrogens with zero attached hydrogens (tertiary/aromatic N) is 1. The van der Waals surface area contributed by atoms with Crippen LogP contribution < -0.4 is 11.3 Å². The number of nitrogens with two attached hydrogens (primary N) is 1. The Kier molecular flexibility index (Phi) is 5.07. The molecule has 1 rings (SSSR count). The summed E-state index contributed by atoms with van der Waals surface area (Å²) in [4.78, 5) is 11.7. The maximum absolute atomic E-state index is 11.7. The molecule has 0 aromatic carbocycles. The van der Waals surface area contributed by atoms with Crippen molar-refractivity contribution in [2.75, 3.05) is 13.2 Å². The van der Waals surface area contributed by atoms with Gasteiger partial charge in [0.25, 0.3) is 5.56 Å². The van der Waals surface area contributed by atoms with Gasteiger partial charge >= 0.3 is 0 Å². The van der Waals surface area contributed by atoms with E-state index in [4.69, 9.17) is 10.5 Å². The summed E-state index contributed by atoms with van der Waals surface area (Å²) in [5.41, 5.74) is 6.13. The maximum atomic E-state index is 11.7. The van der Waals surface area contributed by atoms with E-state index in [1.807, 2.05) is 13.0 Å². The van der Waals surface area contributed by atoms with E-state index in [0.717, 1.165) is 13.0 Å². The standard InChI is InChI=1S/C11H18N2O2/c1-2-15-8-4-7-13-6-3-5-10(9-12)11(13)14/h3,5-6H,2,4,7-9,12H2,1H3. The lowest BCUT2D eigenvalue weighted by atomic mass is 10.3. The molecule has 0 bridgehead atoms. The Hall–Kier alpha value is -1.13. The average Bonchev–Trinajstić information content (AvgIpc) is 2.26. The summed E-state index contributed by atoms with van der Waals surface area (Å²) in [6.07, 6.45) is 2.63. The second-order valence-electron chi connectivity index (χ2n) is 3.29. The Morgan fingerprint density at radius 2 is 2.33 bits per heavy atom. The predicted molar refractivity (Wildman–Crippen MR) is 59.7 cm³/mol. The van der Waals surface area contributed by atoms with Crippen LogP contribution in [-0.2, 0) is 17.8 Å². The highest BCUT2D eigenvalue weighted by Gasteiger charge is 2.00. The van der Waals surface area contributed by atoms with Crippen molar-refractivity contribution >= 4 is 0 Å². The highest BCUT2D eigenvalue weighted by atomic mass is 16.5. The van der Waals surface area contributed by atoms with Crippen LogP contribution in [0.3, 0.4) is 0 Å². The highest BCUT2D eigenvalue weighted by molar-refractivity contribution is 5.09. The van der Waals surface area contributed by atoms with Gasteiger partial charge in [-0.25, -0.2) is 0 Å². The highest BCUT2D eigenvalue weighted by Crippen LogP contribution is 1.93. The molecule has 0 fully saturated rings. The summed E-state index contributed by atoms with van der Waals surface area (Å²) in [5, 5.41) is 0. The lowest BCUT2D eigenvalue weighted by Crippen LogP contribution is -2.25. The zero-order valence-electron chi connectivity index (χ0n) is 9.11. The SMILES string of the molecule is CCOCCCn1cccc(CN)c1=O. The number of aryl methyl sites for hydroxylation is 1. The van der Waals surface area contributed by atoms with Crippen molar-refractivity contribution in [3.8, 4) is 0 Å². The molecular weight excluding hydrogens is 192 g/mol. The fourth-order valence-electron chi connectivity index (χ4n) is 1.40. The van der Waals surface area contributed by atoms with E-state index < -0.39 is 0 Å². The van der Waals surface area contributed by atoms with Gasteiger partial charge in [0, 0.05) is 38.1 Å². The number of hydrogen-bond acceptors (Lipinski definition) is 3. The van der Waals surface area contributed by atoms with Crippen LogP contribution in [0.15, 0.2) is 23.1 Å². The minimum absolute atomic E-state index is 0.0106. The Morgan fingerprint density at radius 3 is 3.00 bits per heavy atom. The molecule has 84 valence electrons. The molecule has 0 amide bonds. The van der Waals surface area contributed by atoms with Gasteiger partial charge in [-0.3, -0.25) is 4.79 Å². The Bertz CT molecular complexity index is 347. The van der Waals surface area contributed by atoms with Gasteiger partial charge in [-0.2, -0.15) is 0 Å². The molecule has 0 saturated carbocycles. The van der Waals surface area contributed by atoms with Crippen molar-refractivity contribution < 1.29 is 4.74 Å². The van der Waals surface area contributed by atoms with Crippen molar-refractivity contribution in [2.45, 2.75) is 26.4 Å². The van der Waals surface area contributed by atoms with Crippen molar-refractivity contribution in [1.82, 2.24) is 4.57 Å². The molecule has 1 aromatic heterocycles. The Labute approximate surface area is 89.7 Å². The van der Waals surface area contributed by atoms with E-state index in [9.17, 15) is 4.79 Å². The maximum Gasteiger partial charge on any atom is 0.255 e. The fraction of sp³-hybridized carbons (Fsp3) is 0.545. The molecule has 0 atom stereocenters. The van der Waals surface area contributed by atoms with E-state index in [2.05, 4.69) is 0 Å². The van der Waals surface area contributed by atoms with Crippen LogP contribution in [0, 0.1) is 0 Å². The van der Waals surface area contributed by atoms with Gasteiger partial charge in [0.05, 0.1) is 0 Å². The summed E-state index contributed by atoms with van der Waals surface area (Å²) < 4.78 is 6.89. The van der Waals surface area contributed by atoms with Crippen LogP contribution >= 0.6 is 0 Å². The molecule has 0 radical (unpaired) electrons. The molecule has 2 N–H and O–H groups in total. The minimum atomic E-state index is 0.0106. The van der Waals surface area contributed by atoms with Gasteiger partial charge in [-0.1, -0.05) is 6.07 Å². The minimum Gasteiger partial charge on any atom is -0.382 e. The average molecular weight is 210 g/mol. The zero-order valence-corrected chi connectivity index (χ0v) is 9.11. The molecular formula is C11H18N2O2. The normalized spacial score (nSPS) is 10.5. The molecule has 15 heavy (non-hydrogen) atoms. The summed E-state index contributed by atoms with van der Waals surface area (Å²) in [7, 11) is 0. The third-order valence-corrected chi connectivity index (χ3v) is 2.21. The first-order valence-electron chi connectivity index (χ1n) is 5.25. The van der Waals surface area contributed by atoms with Gasteiger partial charge in [0.1, 0.15) is 0 Å². The molecule has 0 aliphatic rings. The third-order valence-electron chi connectivity index (χ3n) is 2.21. The van der Waals surface area contributed by atoms with Crippen molar-refractivity contribution in [2.24, 2.45) is 5.73 Å². The summed E-state index contributed by atoms with van der Waals surface area (Å²) in [6.45, 7) is 4.35. The second kappa shape index (κ2) is 6.37. The smallest absolute Gasteiger partial charge is 0.255 e. The summed E-state index contributed by atoms with van der Waals surface area (Å²) in [6, 6.07) is 3.62. The lowest BCUT2D eigenvalue weighted by molar-refractivity contribution is 0.141. The monoisotopic (exact) mass is 210 g/mol. The number of hydrogen-bond donors (Lipinski definition) is 1. The zero-order chi connectivity index (χ0) is 11.1. The molecule has 4 nitrogen and oxygen atoms in total. The van der Waals surface area contributed by atoms with Crippen LogP contribution in [0.25, 0.3) is 0 Å². The molecule has 0 aliphatic carbocycles. The lowest BCUT2D eigenvalue weighted by Gasteiger charge is -2.06. The van der Waals surface area contributed by atoms with Gasteiger partial charge in [0.2, 0.25) is 0 Å². The van der Waals surface area contributed by atoms with Crippen LogP contribution in [-0.4, -0.2) is 17.8 Å². The van der Waals surface area contributed by atoms with Crippen molar-refractivity contribution in [1.29, 1.82) is 0 Å². The van der Waals surface area contributed by atoms with Crippen LogP contribution in [0.1, 0.15) is 18.9 Å². The molecule has 0 unspecified atom stereocenters. The number of ether oxygens (including phenoxy) is 1. The fourth-order valence-corrected chi connectivity index (χ4v) is 1.40. The number of aromatic nitrogens is 1.